The predicted molar refractivity (Wildman–Crippen MR) is 66.4 cm³/mol. The number of ether oxygens (including phenoxy) is 1. The summed E-state index contributed by atoms with van der Waals surface area (Å²) in [6.45, 7) is 6.88. The topological polar surface area (TPSA) is 34.1 Å². The Morgan fingerprint density at radius 3 is 2.94 bits per heavy atom. The van der Waals surface area contributed by atoms with Crippen LogP contribution in [-0.4, -0.2) is 24.7 Å². The van der Waals surface area contributed by atoms with Gasteiger partial charge in [0.2, 0.25) is 0 Å². The number of rotatable bonds is 8. The van der Waals surface area contributed by atoms with Gasteiger partial charge in [-0.1, -0.05) is 6.07 Å². The summed E-state index contributed by atoms with van der Waals surface area (Å²) in [5.41, 5.74) is 1.10. The van der Waals surface area contributed by atoms with Crippen molar-refractivity contribution < 1.29 is 4.74 Å². The van der Waals surface area contributed by atoms with Crippen molar-refractivity contribution >= 4 is 0 Å². The Morgan fingerprint density at radius 1 is 1.38 bits per heavy atom. The second-order valence-corrected chi connectivity index (χ2v) is 3.83. The minimum absolute atomic E-state index is 0.327. The lowest BCUT2D eigenvalue weighted by Crippen LogP contribution is -2.20. The molecular formula is C13H22N2O. The molecule has 0 radical (unpaired) electrons. The number of hydrogen-bond acceptors (Lipinski definition) is 3. The van der Waals surface area contributed by atoms with Crippen LogP contribution in [0.1, 0.15) is 38.4 Å². The summed E-state index contributed by atoms with van der Waals surface area (Å²) in [5.74, 6) is 0. The minimum Gasteiger partial charge on any atom is -0.382 e. The smallest absolute Gasteiger partial charge is 0.0570 e. The van der Waals surface area contributed by atoms with Gasteiger partial charge in [-0.05, 0) is 45.4 Å². The van der Waals surface area contributed by atoms with Gasteiger partial charge in [0.1, 0.15) is 0 Å². The summed E-state index contributed by atoms with van der Waals surface area (Å²) in [7, 11) is 0. The van der Waals surface area contributed by atoms with Crippen molar-refractivity contribution in [1.29, 1.82) is 0 Å². The molecule has 1 heterocycles. The number of nitrogens with one attached hydrogen (secondary N) is 1. The molecule has 1 unspecified atom stereocenters. The molecule has 0 aromatic carbocycles. The highest BCUT2D eigenvalue weighted by atomic mass is 16.5. The standard InChI is InChI=1S/C13H22N2O/c1-3-16-11-7-6-9-14-12(2)13-8-4-5-10-15-13/h4-5,8,10,12,14H,3,6-7,9,11H2,1-2H3. The van der Waals surface area contributed by atoms with Crippen molar-refractivity contribution in [2.45, 2.75) is 32.7 Å². The number of pyridine rings is 1. The molecule has 90 valence electrons. The van der Waals surface area contributed by atoms with Gasteiger partial charge in [-0.15, -0.1) is 0 Å². The summed E-state index contributed by atoms with van der Waals surface area (Å²) < 4.78 is 5.29. The van der Waals surface area contributed by atoms with Crippen LogP contribution >= 0.6 is 0 Å². The second-order valence-electron chi connectivity index (χ2n) is 3.83. The lowest BCUT2D eigenvalue weighted by molar-refractivity contribution is 0.143. The van der Waals surface area contributed by atoms with Gasteiger partial charge in [-0.3, -0.25) is 4.98 Å². The average molecular weight is 222 g/mol. The number of nitrogens with zero attached hydrogens (tertiary/aromatic N) is 1. The average Bonchev–Trinajstić information content (AvgIpc) is 2.34. The third-order valence-corrected chi connectivity index (χ3v) is 2.50. The molecule has 1 atom stereocenters. The third-order valence-electron chi connectivity index (χ3n) is 2.50. The Bertz CT molecular complexity index is 264. The van der Waals surface area contributed by atoms with E-state index in [0.717, 1.165) is 38.3 Å². The molecular weight excluding hydrogens is 200 g/mol. The van der Waals surface area contributed by atoms with Gasteiger partial charge < -0.3 is 10.1 Å². The van der Waals surface area contributed by atoms with Gasteiger partial charge in [0.25, 0.3) is 0 Å². The Labute approximate surface area is 98.2 Å². The molecule has 3 nitrogen and oxygen atoms in total. The molecule has 1 aromatic rings. The van der Waals surface area contributed by atoms with Gasteiger partial charge in [0.05, 0.1) is 5.69 Å². The van der Waals surface area contributed by atoms with E-state index < -0.39 is 0 Å². The maximum atomic E-state index is 5.29. The van der Waals surface area contributed by atoms with Gasteiger partial charge in [0.15, 0.2) is 0 Å². The fourth-order valence-corrected chi connectivity index (χ4v) is 1.53. The van der Waals surface area contributed by atoms with Gasteiger partial charge in [-0.25, -0.2) is 0 Å². The maximum Gasteiger partial charge on any atom is 0.0570 e. The van der Waals surface area contributed by atoms with Gasteiger partial charge in [-0.2, -0.15) is 0 Å². The predicted octanol–water partition coefficient (Wildman–Crippen LogP) is 2.55. The lowest BCUT2D eigenvalue weighted by Gasteiger charge is -2.12. The molecule has 0 aliphatic carbocycles. The largest absolute Gasteiger partial charge is 0.382 e. The van der Waals surface area contributed by atoms with Crippen molar-refractivity contribution in [3.63, 3.8) is 0 Å². The van der Waals surface area contributed by atoms with E-state index in [1.54, 1.807) is 0 Å². The van der Waals surface area contributed by atoms with Crippen molar-refractivity contribution in [3.8, 4) is 0 Å². The number of aromatic nitrogens is 1. The first kappa shape index (κ1) is 13.1. The molecule has 1 N–H and O–H groups in total. The van der Waals surface area contributed by atoms with Crippen LogP contribution in [0.4, 0.5) is 0 Å². The molecule has 0 spiro atoms. The molecule has 1 rings (SSSR count). The molecule has 3 heteroatoms. The van der Waals surface area contributed by atoms with Crippen molar-refractivity contribution in [2.75, 3.05) is 19.8 Å². The van der Waals surface area contributed by atoms with E-state index in [-0.39, 0.29) is 0 Å². The van der Waals surface area contributed by atoms with Crippen molar-refractivity contribution in [3.05, 3.63) is 30.1 Å². The quantitative estimate of drug-likeness (QED) is 0.686. The van der Waals surface area contributed by atoms with Crippen molar-refractivity contribution in [2.24, 2.45) is 0 Å². The Kier molecular flexibility index (Phi) is 6.77. The lowest BCUT2D eigenvalue weighted by atomic mass is 10.2. The van der Waals surface area contributed by atoms with E-state index in [9.17, 15) is 0 Å². The molecule has 0 saturated heterocycles. The summed E-state index contributed by atoms with van der Waals surface area (Å²) in [6.07, 6.45) is 4.11. The van der Waals surface area contributed by atoms with Crippen LogP contribution in [0.3, 0.4) is 0 Å². The van der Waals surface area contributed by atoms with Crippen LogP contribution < -0.4 is 5.32 Å². The Balaban J connectivity index is 2.09. The fraction of sp³-hybridized carbons (Fsp3) is 0.615. The van der Waals surface area contributed by atoms with Gasteiger partial charge in [0, 0.05) is 25.5 Å². The minimum atomic E-state index is 0.327. The molecule has 1 aromatic heterocycles. The second kappa shape index (κ2) is 8.25. The molecule has 0 fully saturated rings. The Morgan fingerprint density at radius 2 is 2.25 bits per heavy atom. The Hall–Kier alpha value is -0.930. The molecule has 16 heavy (non-hydrogen) atoms. The van der Waals surface area contributed by atoms with Crippen LogP contribution in [0.5, 0.6) is 0 Å². The van der Waals surface area contributed by atoms with Crippen LogP contribution in [0.2, 0.25) is 0 Å². The van der Waals surface area contributed by atoms with Crippen LogP contribution in [0, 0.1) is 0 Å². The maximum absolute atomic E-state index is 5.29. The zero-order chi connectivity index (χ0) is 11.6. The monoisotopic (exact) mass is 222 g/mol. The van der Waals surface area contributed by atoms with Crippen LogP contribution in [-0.2, 0) is 4.74 Å². The van der Waals surface area contributed by atoms with E-state index in [1.807, 2.05) is 25.3 Å². The van der Waals surface area contributed by atoms with Gasteiger partial charge >= 0.3 is 0 Å². The molecule has 0 aliphatic heterocycles. The molecule has 0 saturated carbocycles. The number of hydrogen-bond donors (Lipinski definition) is 1. The first-order chi connectivity index (χ1) is 7.84. The zero-order valence-corrected chi connectivity index (χ0v) is 10.3. The molecule has 0 amide bonds. The number of unbranched alkanes of at least 4 members (excludes halogenated alkanes) is 1. The normalized spacial score (nSPS) is 12.6. The fourth-order valence-electron chi connectivity index (χ4n) is 1.53. The van der Waals surface area contributed by atoms with Crippen molar-refractivity contribution in [1.82, 2.24) is 10.3 Å². The van der Waals surface area contributed by atoms with E-state index in [1.165, 1.54) is 0 Å². The SMILES string of the molecule is CCOCCCCNC(C)c1ccccn1. The summed E-state index contributed by atoms with van der Waals surface area (Å²) in [6, 6.07) is 6.35. The van der Waals surface area contributed by atoms with Crippen LogP contribution in [0.25, 0.3) is 0 Å². The summed E-state index contributed by atoms with van der Waals surface area (Å²) in [4.78, 5) is 4.32. The molecule has 0 bridgehead atoms. The van der Waals surface area contributed by atoms with E-state index in [4.69, 9.17) is 4.74 Å². The van der Waals surface area contributed by atoms with E-state index in [0.29, 0.717) is 6.04 Å². The highest BCUT2D eigenvalue weighted by Gasteiger charge is 2.03. The highest BCUT2D eigenvalue weighted by Crippen LogP contribution is 2.07. The highest BCUT2D eigenvalue weighted by molar-refractivity contribution is 5.07. The third kappa shape index (κ3) is 5.24. The van der Waals surface area contributed by atoms with E-state index >= 15 is 0 Å². The first-order valence-corrected chi connectivity index (χ1v) is 6.06. The summed E-state index contributed by atoms with van der Waals surface area (Å²) in [5, 5.41) is 3.46. The zero-order valence-electron chi connectivity index (χ0n) is 10.3. The van der Waals surface area contributed by atoms with E-state index in [2.05, 4.69) is 23.3 Å². The molecule has 0 aliphatic rings. The van der Waals surface area contributed by atoms with Crippen LogP contribution in [0.15, 0.2) is 24.4 Å². The summed E-state index contributed by atoms with van der Waals surface area (Å²) >= 11 is 0. The first-order valence-electron chi connectivity index (χ1n) is 6.06.